The quantitative estimate of drug-likeness (QED) is 0.336. The lowest BCUT2D eigenvalue weighted by molar-refractivity contribution is -0.0227. The van der Waals surface area contributed by atoms with E-state index in [0.29, 0.717) is 35.2 Å². The Hall–Kier alpha value is -3.22. The summed E-state index contributed by atoms with van der Waals surface area (Å²) in [6.45, 7) is 7.12. The van der Waals surface area contributed by atoms with Gasteiger partial charge in [-0.2, -0.15) is 0 Å². The molecular weight excluding hydrogens is 502 g/mol. The molecule has 6 heteroatoms. The second-order valence-electron chi connectivity index (χ2n) is 10.1. The number of fused-ring (bicyclic) bond motifs is 2. The normalized spacial score (nSPS) is 17.7. The summed E-state index contributed by atoms with van der Waals surface area (Å²) in [5, 5.41) is 4.26. The summed E-state index contributed by atoms with van der Waals surface area (Å²) < 4.78 is 0.819. The van der Waals surface area contributed by atoms with E-state index in [2.05, 4.69) is 47.0 Å². The number of hydrogen-bond acceptors (Lipinski definition) is 3. The van der Waals surface area contributed by atoms with Gasteiger partial charge >= 0.3 is 0 Å². The molecule has 178 valence electrons. The molecule has 0 radical (unpaired) electrons. The number of nitrogens with one attached hydrogen (secondary N) is 2. The van der Waals surface area contributed by atoms with E-state index in [-0.39, 0.29) is 11.3 Å². The lowest BCUT2D eigenvalue weighted by atomic mass is 9.75. The minimum atomic E-state index is -1.03. The molecule has 1 aliphatic heterocycles. The van der Waals surface area contributed by atoms with E-state index < -0.39 is 11.1 Å². The second-order valence-corrected chi connectivity index (χ2v) is 11.0. The van der Waals surface area contributed by atoms with E-state index in [1.165, 1.54) is 0 Å². The molecule has 3 aromatic carbocycles. The molecule has 1 aliphatic rings. The average Bonchev–Trinajstić information content (AvgIpc) is 3.08. The van der Waals surface area contributed by atoms with Gasteiger partial charge in [-0.05, 0) is 29.3 Å². The molecule has 5 nitrogen and oxygen atoms in total. The summed E-state index contributed by atoms with van der Waals surface area (Å²) >= 11 is 3.50. The predicted octanol–water partition coefficient (Wildman–Crippen LogP) is 5.94. The van der Waals surface area contributed by atoms with Crippen LogP contribution in [0.1, 0.15) is 48.0 Å². The van der Waals surface area contributed by atoms with E-state index in [1.807, 2.05) is 83.8 Å². The number of H-pyrrole nitrogens is 1. The monoisotopic (exact) mass is 529 g/mol. The smallest absolute Gasteiger partial charge is 0.272 e. The fourth-order valence-electron chi connectivity index (χ4n) is 5.20. The van der Waals surface area contributed by atoms with E-state index >= 15 is 0 Å². The summed E-state index contributed by atoms with van der Waals surface area (Å²) in [5.41, 5.74) is 1.90. The molecule has 4 aromatic rings. The van der Waals surface area contributed by atoms with Crippen LogP contribution in [0.2, 0.25) is 0 Å². The summed E-state index contributed by atoms with van der Waals surface area (Å²) in [4.78, 5) is 33.3. The standard InChI is InChI=1S/C29H28BrN3O2/c1-28(2,3)29(31-17-19-10-6-4-7-11-19)24-25(27(35)33(29)18-20-12-8-5-9-13-20)32-23-15-14-21(30)16-22(23)26(24)34/h4-16,31H,17-18H2,1-3H3,(H,32,34). The third kappa shape index (κ3) is 3.91. The summed E-state index contributed by atoms with van der Waals surface area (Å²) in [6.07, 6.45) is 0. The number of aromatic nitrogens is 1. The third-order valence-corrected chi connectivity index (χ3v) is 7.34. The van der Waals surface area contributed by atoms with Crippen molar-refractivity contribution < 1.29 is 4.79 Å². The highest BCUT2D eigenvalue weighted by molar-refractivity contribution is 9.10. The van der Waals surface area contributed by atoms with Crippen molar-refractivity contribution in [2.45, 2.75) is 39.5 Å². The van der Waals surface area contributed by atoms with Crippen molar-refractivity contribution >= 4 is 32.7 Å². The zero-order valence-electron chi connectivity index (χ0n) is 20.1. The van der Waals surface area contributed by atoms with Crippen molar-refractivity contribution in [3.05, 3.63) is 116 Å². The topological polar surface area (TPSA) is 65.2 Å². The van der Waals surface area contributed by atoms with Crippen LogP contribution in [0.5, 0.6) is 0 Å². The Morgan fingerprint density at radius 1 is 0.914 bits per heavy atom. The molecule has 0 aliphatic carbocycles. The first-order chi connectivity index (χ1) is 16.7. The van der Waals surface area contributed by atoms with Gasteiger partial charge in [0.05, 0.1) is 5.56 Å². The number of hydrogen-bond donors (Lipinski definition) is 2. The molecule has 0 saturated carbocycles. The molecule has 2 N–H and O–H groups in total. The molecule has 0 saturated heterocycles. The summed E-state index contributed by atoms with van der Waals surface area (Å²) in [5.74, 6) is -0.179. The van der Waals surface area contributed by atoms with Gasteiger partial charge in [0.25, 0.3) is 5.91 Å². The van der Waals surface area contributed by atoms with E-state index in [9.17, 15) is 9.59 Å². The van der Waals surface area contributed by atoms with E-state index in [4.69, 9.17) is 0 Å². The maximum Gasteiger partial charge on any atom is 0.272 e. The first kappa shape index (κ1) is 23.5. The highest BCUT2D eigenvalue weighted by Gasteiger charge is 2.58. The van der Waals surface area contributed by atoms with Crippen molar-refractivity contribution in [3.63, 3.8) is 0 Å². The lowest BCUT2D eigenvalue weighted by Crippen LogP contribution is -2.62. The molecule has 35 heavy (non-hydrogen) atoms. The number of carbonyl (C=O) groups excluding carboxylic acids is 1. The van der Waals surface area contributed by atoms with E-state index in [0.717, 1.165) is 15.6 Å². The highest BCUT2D eigenvalue weighted by atomic mass is 79.9. The predicted molar refractivity (Wildman–Crippen MR) is 143 cm³/mol. The zero-order valence-corrected chi connectivity index (χ0v) is 21.6. The minimum absolute atomic E-state index is 0.130. The number of amides is 1. The SMILES string of the molecule is CC(C)(C)C1(NCc2ccccc2)c2c([nH]c3ccc(Br)cc3c2=O)C(=O)N1Cc1ccccc1. The molecular formula is C29H28BrN3O2. The van der Waals surface area contributed by atoms with Crippen molar-refractivity contribution in [1.82, 2.24) is 15.2 Å². The van der Waals surface area contributed by atoms with Gasteiger partial charge < -0.3 is 9.88 Å². The van der Waals surface area contributed by atoms with Crippen molar-refractivity contribution in [2.24, 2.45) is 5.41 Å². The van der Waals surface area contributed by atoms with Crippen molar-refractivity contribution in [2.75, 3.05) is 0 Å². The fraction of sp³-hybridized carbons (Fsp3) is 0.241. The van der Waals surface area contributed by atoms with Crippen LogP contribution in [0.3, 0.4) is 0 Å². The van der Waals surface area contributed by atoms with Gasteiger partial charge in [0.2, 0.25) is 0 Å². The van der Waals surface area contributed by atoms with Crippen LogP contribution in [-0.4, -0.2) is 15.8 Å². The maximum absolute atomic E-state index is 14.1. The van der Waals surface area contributed by atoms with Gasteiger partial charge in [-0.25, -0.2) is 0 Å². The molecule has 0 spiro atoms. The Labute approximate surface area is 213 Å². The first-order valence-electron chi connectivity index (χ1n) is 11.7. The maximum atomic E-state index is 14.1. The Morgan fingerprint density at radius 3 is 2.17 bits per heavy atom. The zero-order chi connectivity index (χ0) is 24.8. The Kier molecular flexibility index (Phi) is 5.90. The lowest BCUT2D eigenvalue weighted by Gasteiger charge is -2.49. The van der Waals surface area contributed by atoms with Gasteiger partial charge in [0, 0.05) is 33.9 Å². The number of nitrogens with zero attached hydrogens (tertiary/aromatic N) is 1. The molecule has 0 fully saturated rings. The largest absolute Gasteiger partial charge is 0.350 e. The first-order valence-corrected chi connectivity index (χ1v) is 12.5. The van der Waals surface area contributed by atoms with Crippen molar-refractivity contribution in [1.29, 1.82) is 0 Å². The summed E-state index contributed by atoms with van der Waals surface area (Å²) in [6, 6.07) is 25.5. The van der Waals surface area contributed by atoms with Crippen LogP contribution >= 0.6 is 15.9 Å². The van der Waals surface area contributed by atoms with Gasteiger partial charge in [0.1, 0.15) is 11.4 Å². The van der Waals surface area contributed by atoms with Crippen LogP contribution in [0, 0.1) is 5.41 Å². The fourth-order valence-corrected chi connectivity index (χ4v) is 5.56. The summed E-state index contributed by atoms with van der Waals surface area (Å²) in [7, 11) is 0. The average molecular weight is 530 g/mol. The molecule has 2 heterocycles. The third-order valence-electron chi connectivity index (χ3n) is 6.85. The Balaban J connectivity index is 1.77. The van der Waals surface area contributed by atoms with Crippen molar-refractivity contribution in [3.8, 4) is 0 Å². The van der Waals surface area contributed by atoms with Gasteiger partial charge in [0.15, 0.2) is 5.43 Å². The van der Waals surface area contributed by atoms with Gasteiger partial charge in [-0.3, -0.25) is 14.9 Å². The van der Waals surface area contributed by atoms with Crippen LogP contribution in [0.15, 0.2) is 88.1 Å². The number of pyridine rings is 1. The van der Waals surface area contributed by atoms with Gasteiger partial charge in [-0.1, -0.05) is 97.4 Å². The highest BCUT2D eigenvalue weighted by Crippen LogP contribution is 2.48. The molecule has 1 amide bonds. The number of halogens is 1. The second kappa shape index (κ2) is 8.77. The van der Waals surface area contributed by atoms with Crippen LogP contribution in [0.25, 0.3) is 10.9 Å². The Morgan fingerprint density at radius 2 is 1.54 bits per heavy atom. The number of benzene rings is 3. The molecule has 1 atom stereocenters. The number of aromatic amines is 1. The molecule has 1 aromatic heterocycles. The number of rotatable bonds is 5. The molecule has 0 bridgehead atoms. The Bertz CT molecular complexity index is 1460. The van der Waals surface area contributed by atoms with E-state index in [1.54, 1.807) is 0 Å². The van der Waals surface area contributed by atoms with Crippen LogP contribution in [-0.2, 0) is 18.8 Å². The van der Waals surface area contributed by atoms with Crippen LogP contribution in [0.4, 0.5) is 0 Å². The molecule has 1 unspecified atom stereocenters. The van der Waals surface area contributed by atoms with Crippen LogP contribution < -0.4 is 10.7 Å². The minimum Gasteiger partial charge on any atom is -0.350 e. The number of carbonyl (C=O) groups is 1. The van der Waals surface area contributed by atoms with Gasteiger partial charge in [-0.15, -0.1) is 0 Å². The molecule has 5 rings (SSSR count).